The van der Waals surface area contributed by atoms with Gasteiger partial charge in [0.1, 0.15) is 11.5 Å². The molecule has 8 nitrogen and oxygen atoms in total. The van der Waals surface area contributed by atoms with Gasteiger partial charge in [-0.15, -0.1) is 5.10 Å². The third-order valence-electron chi connectivity index (χ3n) is 5.11. The van der Waals surface area contributed by atoms with Crippen LogP contribution in [-0.4, -0.2) is 59.0 Å². The highest BCUT2D eigenvalue weighted by atomic mass is 19.4. The van der Waals surface area contributed by atoms with Crippen LogP contribution in [0, 0.1) is 0 Å². The molecule has 1 fully saturated rings. The summed E-state index contributed by atoms with van der Waals surface area (Å²) in [6, 6.07) is 11.9. The highest BCUT2D eigenvalue weighted by Crippen LogP contribution is 2.34. The number of nitrogens with one attached hydrogen (secondary N) is 2. The number of anilines is 2. The largest absolute Gasteiger partial charge is 0.490 e. The number of carbonyl (C=O) groups excluding carboxylic acids is 1. The van der Waals surface area contributed by atoms with Crippen molar-refractivity contribution in [2.45, 2.75) is 18.8 Å². The molecule has 0 radical (unpaired) electrons. The Morgan fingerprint density at radius 2 is 1.61 bits per heavy atom. The molecule has 3 aromatic rings. The first-order valence-corrected chi connectivity index (χ1v) is 10.6. The van der Waals surface area contributed by atoms with Gasteiger partial charge in [-0.25, -0.2) is 9.31 Å². The van der Waals surface area contributed by atoms with E-state index in [9.17, 15) is 31.1 Å². The van der Waals surface area contributed by atoms with E-state index in [1.807, 2.05) is 12.1 Å². The number of halogens is 6. The maximum absolute atomic E-state index is 13.2. The molecule has 2 aromatic heterocycles. The monoisotopic (exact) mass is 517 g/mol. The number of aliphatic carboxylic acids is 1. The van der Waals surface area contributed by atoms with Crippen molar-refractivity contribution in [2.75, 3.05) is 36.4 Å². The summed E-state index contributed by atoms with van der Waals surface area (Å²) in [4.78, 5) is 23.8. The van der Waals surface area contributed by atoms with Gasteiger partial charge in [0, 0.05) is 19.6 Å². The predicted molar refractivity (Wildman–Crippen MR) is 118 cm³/mol. The first-order valence-electron chi connectivity index (χ1n) is 10.6. The molecule has 0 unspecified atom stereocenters. The lowest BCUT2D eigenvalue weighted by atomic mass is 10.1. The van der Waals surface area contributed by atoms with Gasteiger partial charge in [-0.1, -0.05) is 12.1 Å². The SMILES string of the molecule is O=C(Nc1ccccc1C(F)(F)F)c1ccc2ccc(N3CCCNCC3)nn12.O=C(O)C(F)(F)F. The molecule has 0 bridgehead atoms. The van der Waals surface area contributed by atoms with E-state index in [0.717, 1.165) is 44.5 Å². The van der Waals surface area contributed by atoms with Crippen LogP contribution in [0.2, 0.25) is 0 Å². The van der Waals surface area contributed by atoms with Gasteiger partial charge in [-0.05, 0) is 49.4 Å². The van der Waals surface area contributed by atoms with Crippen LogP contribution in [0.5, 0.6) is 0 Å². The molecular weight excluding hydrogens is 496 g/mol. The Bertz CT molecular complexity index is 1220. The van der Waals surface area contributed by atoms with Crippen molar-refractivity contribution in [1.29, 1.82) is 0 Å². The average Bonchev–Trinajstić information content (AvgIpc) is 3.03. The zero-order chi connectivity index (χ0) is 26.5. The van der Waals surface area contributed by atoms with E-state index in [-0.39, 0.29) is 11.4 Å². The first-order chi connectivity index (χ1) is 16.9. The number of carbonyl (C=O) groups is 2. The molecule has 194 valence electrons. The van der Waals surface area contributed by atoms with Crippen LogP contribution in [0.25, 0.3) is 5.52 Å². The molecule has 0 aliphatic carbocycles. The third kappa shape index (κ3) is 6.65. The van der Waals surface area contributed by atoms with Crippen molar-refractivity contribution in [3.05, 3.63) is 59.8 Å². The Labute approximate surface area is 200 Å². The van der Waals surface area contributed by atoms with Crippen molar-refractivity contribution < 1.29 is 41.0 Å². The zero-order valence-corrected chi connectivity index (χ0v) is 18.5. The van der Waals surface area contributed by atoms with E-state index in [1.165, 1.54) is 22.7 Å². The van der Waals surface area contributed by atoms with Crippen molar-refractivity contribution in [3.8, 4) is 0 Å². The van der Waals surface area contributed by atoms with Crippen molar-refractivity contribution in [3.63, 3.8) is 0 Å². The van der Waals surface area contributed by atoms with Crippen LogP contribution in [0.4, 0.5) is 37.8 Å². The number of rotatable bonds is 3. The molecule has 1 amide bonds. The van der Waals surface area contributed by atoms with Crippen LogP contribution < -0.4 is 15.5 Å². The maximum atomic E-state index is 13.2. The minimum absolute atomic E-state index is 0.173. The number of fused-ring (bicyclic) bond motifs is 1. The fourth-order valence-electron chi connectivity index (χ4n) is 3.42. The van der Waals surface area contributed by atoms with E-state index < -0.39 is 29.8 Å². The summed E-state index contributed by atoms with van der Waals surface area (Å²) < 4.78 is 72.8. The number of amides is 1. The molecule has 3 heterocycles. The van der Waals surface area contributed by atoms with Crippen LogP contribution in [0.1, 0.15) is 22.5 Å². The standard InChI is InChI=1S/C20H20F3N5O.C2HF3O2/c21-20(22,23)15-4-1-2-5-16(15)25-19(29)17-8-6-14-7-9-18(26-28(14)17)27-12-3-10-24-11-13-27;3-2(4,5)1(6)7/h1-2,4-9,24H,3,10-13H2,(H,25,29);(H,6,7). The summed E-state index contributed by atoms with van der Waals surface area (Å²) in [6.07, 6.45) is -8.66. The molecule has 1 aliphatic rings. The fraction of sp³-hybridized carbons (Fsp3) is 0.318. The van der Waals surface area contributed by atoms with Gasteiger partial charge in [-0.3, -0.25) is 4.79 Å². The van der Waals surface area contributed by atoms with Crippen molar-refractivity contribution in [1.82, 2.24) is 14.9 Å². The molecule has 1 saturated heterocycles. The number of para-hydroxylation sites is 1. The number of aromatic nitrogens is 2. The Morgan fingerprint density at radius 1 is 0.944 bits per heavy atom. The smallest absolute Gasteiger partial charge is 0.475 e. The number of nitrogens with zero attached hydrogens (tertiary/aromatic N) is 3. The van der Waals surface area contributed by atoms with E-state index in [4.69, 9.17) is 9.90 Å². The van der Waals surface area contributed by atoms with Crippen LogP contribution in [-0.2, 0) is 11.0 Å². The van der Waals surface area contributed by atoms with Crippen LogP contribution >= 0.6 is 0 Å². The highest BCUT2D eigenvalue weighted by Gasteiger charge is 2.38. The highest BCUT2D eigenvalue weighted by molar-refractivity contribution is 6.04. The van der Waals surface area contributed by atoms with Gasteiger partial charge in [-0.2, -0.15) is 26.3 Å². The summed E-state index contributed by atoms with van der Waals surface area (Å²) in [5, 5.41) is 17.4. The molecule has 0 atom stereocenters. The van der Waals surface area contributed by atoms with E-state index in [2.05, 4.69) is 20.6 Å². The minimum Gasteiger partial charge on any atom is -0.475 e. The number of benzene rings is 1. The third-order valence-corrected chi connectivity index (χ3v) is 5.11. The first kappa shape index (κ1) is 26.8. The van der Waals surface area contributed by atoms with E-state index >= 15 is 0 Å². The normalized spacial score (nSPS) is 14.6. The lowest BCUT2D eigenvalue weighted by Crippen LogP contribution is -2.29. The molecule has 14 heteroatoms. The Morgan fingerprint density at radius 3 is 2.28 bits per heavy atom. The number of carboxylic acids is 1. The molecule has 1 aliphatic heterocycles. The maximum Gasteiger partial charge on any atom is 0.490 e. The number of alkyl halides is 6. The molecule has 3 N–H and O–H groups in total. The summed E-state index contributed by atoms with van der Waals surface area (Å²) in [7, 11) is 0. The van der Waals surface area contributed by atoms with Crippen molar-refractivity contribution >= 4 is 28.9 Å². The molecule has 1 aromatic carbocycles. The molecule has 36 heavy (non-hydrogen) atoms. The summed E-state index contributed by atoms with van der Waals surface area (Å²) >= 11 is 0. The quantitative estimate of drug-likeness (QED) is 0.454. The second-order valence-corrected chi connectivity index (χ2v) is 7.64. The number of hydrogen-bond acceptors (Lipinski definition) is 5. The Hall–Kier alpha value is -3.81. The van der Waals surface area contributed by atoms with E-state index in [0.29, 0.717) is 5.52 Å². The molecule has 0 saturated carbocycles. The summed E-state index contributed by atoms with van der Waals surface area (Å²) in [5.74, 6) is -2.68. The summed E-state index contributed by atoms with van der Waals surface area (Å²) in [5.41, 5.74) is -0.308. The van der Waals surface area contributed by atoms with E-state index in [1.54, 1.807) is 12.1 Å². The van der Waals surface area contributed by atoms with Gasteiger partial charge >= 0.3 is 18.3 Å². The van der Waals surface area contributed by atoms with Crippen LogP contribution in [0.3, 0.4) is 0 Å². The van der Waals surface area contributed by atoms with Gasteiger partial charge in [0.05, 0.1) is 16.8 Å². The second-order valence-electron chi connectivity index (χ2n) is 7.64. The minimum atomic E-state index is -5.08. The van der Waals surface area contributed by atoms with Gasteiger partial charge < -0.3 is 20.6 Å². The zero-order valence-electron chi connectivity index (χ0n) is 18.5. The van der Waals surface area contributed by atoms with Crippen molar-refractivity contribution in [2.24, 2.45) is 0 Å². The summed E-state index contributed by atoms with van der Waals surface area (Å²) in [6.45, 7) is 3.41. The van der Waals surface area contributed by atoms with Gasteiger partial charge in [0.2, 0.25) is 0 Å². The lowest BCUT2D eigenvalue weighted by Gasteiger charge is -2.21. The molecule has 4 rings (SSSR count). The van der Waals surface area contributed by atoms with Gasteiger partial charge in [0.15, 0.2) is 0 Å². The Balaban J connectivity index is 0.000000454. The predicted octanol–water partition coefficient (Wildman–Crippen LogP) is 4.04. The topological polar surface area (TPSA) is 99.0 Å². The molecule has 0 spiro atoms. The second kappa shape index (κ2) is 10.8. The number of carboxylic acid groups (broad SMARTS) is 1. The lowest BCUT2D eigenvalue weighted by molar-refractivity contribution is -0.192. The Kier molecular flexibility index (Phi) is 8.07. The average molecular weight is 517 g/mol. The molecular formula is C22H21F6N5O3. The fourth-order valence-corrected chi connectivity index (χ4v) is 3.42. The van der Waals surface area contributed by atoms with Gasteiger partial charge in [0.25, 0.3) is 5.91 Å². The number of hydrogen-bond donors (Lipinski definition) is 3. The van der Waals surface area contributed by atoms with Crippen LogP contribution in [0.15, 0.2) is 48.5 Å².